The number of ether oxygens (including phenoxy) is 2. The van der Waals surface area contributed by atoms with Gasteiger partial charge in [0.05, 0.1) is 24.4 Å². The first kappa shape index (κ1) is 14.6. The van der Waals surface area contributed by atoms with Crippen molar-refractivity contribution in [3.63, 3.8) is 0 Å². The van der Waals surface area contributed by atoms with E-state index in [0.717, 1.165) is 22.2 Å². The number of fused-ring (bicyclic) bond motifs is 1. The molecule has 0 N–H and O–H groups in total. The Hall–Kier alpha value is -2.37. The van der Waals surface area contributed by atoms with Crippen LogP contribution in [0.2, 0.25) is 0 Å². The van der Waals surface area contributed by atoms with Gasteiger partial charge in [0.2, 0.25) is 0 Å². The summed E-state index contributed by atoms with van der Waals surface area (Å²) in [5.41, 5.74) is 2.95. The van der Waals surface area contributed by atoms with E-state index in [2.05, 4.69) is 21.0 Å². The van der Waals surface area contributed by atoms with Crippen molar-refractivity contribution in [3.8, 4) is 0 Å². The van der Waals surface area contributed by atoms with Gasteiger partial charge in [0.25, 0.3) is 0 Å². The lowest BCUT2D eigenvalue weighted by Gasteiger charge is -2.07. The first-order valence-corrected chi connectivity index (χ1v) is 7.07. The fourth-order valence-corrected chi connectivity index (χ4v) is 2.27. The number of nitrogens with zero attached hydrogens (tertiary/aromatic N) is 3. The second kappa shape index (κ2) is 7.06. The second-order valence-corrected chi connectivity index (χ2v) is 4.88. The minimum absolute atomic E-state index is 0.406. The molecular weight excluding hydrogens is 278 g/mol. The SMILES string of the molecule is COCc1nccc(COCc2ccnc3ccccc23)n1. The van der Waals surface area contributed by atoms with Crippen molar-refractivity contribution in [2.75, 3.05) is 7.11 Å². The topological polar surface area (TPSA) is 57.1 Å². The maximum absolute atomic E-state index is 5.79. The van der Waals surface area contributed by atoms with E-state index in [1.165, 1.54) is 0 Å². The molecular formula is C17H17N3O2. The van der Waals surface area contributed by atoms with Gasteiger partial charge in [-0.05, 0) is 23.8 Å². The molecule has 0 bridgehead atoms. The number of hydrogen-bond donors (Lipinski definition) is 0. The number of methoxy groups -OCH3 is 1. The van der Waals surface area contributed by atoms with Crippen molar-refractivity contribution < 1.29 is 9.47 Å². The molecule has 1 aromatic carbocycles. The summed E-state index contributed by atoms with van der Waals surface area (Å²) in [5.74, 6) is 0.665. The standard InChI is InChI=1S/C17H17N3O2/c1-21-12-17-19-9-7-14(20-17)11-22-10-13-6-8-18-16-5-3-2-4-15(13)16/h2-9H,10-12H2,1H3. The lowest BCUT2D eigenvalue weighted by Crippen LogP contribution is -2.02. The largest absolute Gasteiger partial charge is 0.377 e. The van der Waals surface area contributed by atoms with Crippen LogP contribution in [0.3, 0.4) is 0 Å². The highest BCUT2D eigenvalue weighted by Gasteiger charge is 2.03. The molecule has 0 atom stereocenters. The van der Waals surface area contributed by atoms with Gasteiger partial charge in [0.15, 0.2) is 5.82 Å². The van der Waals surface area contributed by atoms with Gasteiger partial charge in [0, 0.05) is 24.9 Å². The molecule has 22 heavy (non-hydrogen) atoms. The van der Waals surface area contributed by atoms with Gasteiger partial charge < -0.3 is 9.47 Å². The zero-order valence-electron chi connectivity index (χ0n) is 12.4. The third-order valence-corrected chi connectivity index (χ3v) is 3.28. The summed E-state index contributed by atoms with van der Waals surface area (Å²) in [7, 11) is 1.63. The Balaban J connectivity index is 1.66. The number of benzene rings is 1. The Labute approximate surface area is 129 Å². The van der Waals surface area contributed by atoms with Crippen LogP contribution < -0.4 is 0 Å². The average Bonchev–Trinajstić information content (AvgIpc) is 2.56. The van der Waals surface area contributed by atoms with E-state index < -0.39 is 0 Å². The maximum Gasteiger partial charge on any atom is 0.154 e. The highest BCUT2D eigenvalue weighted by atomic mass is 16.5. The van der Waals surface area contributed by atoms with Gasteiger partial charge in [-0.2, -0.15) is 0 Å². The summed E-state index contributed by atoms with van der Waals surface area (Å²) in [6.07, 6.45) is 3.53. The lowest BCUT2D eigenvalue weighted by molar-refractivity contribution is 0.104. The van der Waals surface area contributed by atoms with E-state index >= 15 is 0 Å². The third-order valence-electron chi connectivity index (χ3n) is 3.28. The quantitative estimate of drug-likeness (QED) is 0.700. The molecule has 5 nitrogen and oxygen atoms in total. The highest BCUT2D eigenvalue weighted by molar-refractivity contribution is 5.81. The third kappa shape index (κ3) is 3.44. The fourth-order valence-electron chi connectivity index (χ4n) is 2.27. The van der Waals surface area contributed by atoms with Crippen LogP contribution in [0.4, 0.5) is 0 Å². The molecule has 0 unspecified atom stereocenters. The molecule has 2 aromatic heterocycles. The molecule has 0 saturated heterocycles. The molecule has 0 aliphatic rings. The van der Waals surface area contributed by atoms with E-state index in [-0.39, 0.29) is 0 Å². The van der Waals surface area contributed by atoms with Crippen LogP contribution in [0.25, 0.3) is 10.9 Å². The average molecular weight is 295 g/mol. The lowest BCUT2D eigenvalue weighted by atomic mass is 10.1. The Morgan fingerprint density at radius 1 is 0.909 bits per heavy atom. The Kier molecular flexibility index (Phi) is 4.68. The molecule has 0 radical (unpaired) electrons. The van der Waals surface area contributed by atoms with Crippen LogP contribution in [0.5, 0.6) is 0 Å². The van der Waals surface area contributed by atoms with Crippen molar-refractivity contribution in [2.24, 2.45) is 0 Å². The molecule has 112 valence electrons. The number of rotatable bonds is 6. The summed E-state index contributed by atoms with van der Waals surface area (Å²) < 4.78 is 10.8. The maximum atomic E-state index is 5.79. The van der Waals surface area contributed by atoms with Crippen molar-refractivity contribution in [1.29, 1.82) is 0 Å². The molecule has 0 fully saturated rings. The molecule has 0 amide bonds. The number of hydrogen-bond acceptors (Lipinski definition) is 5. The van der Waals surface area contributed by atoms with Crippen LogP contribution in [0.1, 0.15) is 17.1 Å². The zero-order valence-corrected chi connectivity index (χ0v) is 12.4. The van der Waals surface area contributed by atoms with Gasteiger partial charge in [-0.1, -0.05) is 18.2 Å². The molecule has 3 aromatic rings. The minimum Gasteiger partial charge on any atom is -0.377 e. The summed E-state index contributed by atoms with van der Waals surface area (Å²) in [5, 5.41) is 1.12. The first-order valence-electron chi connectivity index (χ1n) is 7.07. The summed E-state index contributed by atoms with van der Waals surface area (Å²) in [4.78, 5) is 12.9. The van der Waals surface area contributed by atoms with Crippen molar-refractivity contribution in [3.05, 3.63) is 65.9 Å². The second-order valence-electron chi connectivity index (χ2n) is 4.88. The number of pyridine rings is 1. The summed E-state index contributed by atoms with van der Waals surface area (Å²) in [6.45, 7) is 1.37. The van der Waals surface area contributed by atoms with Crippen LogP contribution in [0.15, 0.2) is 48.8 Å². The fraction of sp³-hybridized carbons (Fsp3) is 0.235. The van der Waals surface area contributed by atoms with Crippen LogP contribution >= 0.6 is 0 Å². The van der Waals surface area contributed by atoms with E-state index in [9.17, 15) is 0 Å². The predicted octanol–water partition coefficient (Wildman–Crippen LogP) is 2.89. The van der Waals surface area contributed by atoms with Crippen LogP contribution in [-0.4, -0.2) is 22.1 Å². The Morgan fingerprint density at radius 3 is 2.68 bits per heavy atom. The van der Waals surface area contributed by atoms with E-state index in [1.54, 1.807) is 13.3 Å². The normalized spacial score (nSPS) is 11.0. The summed E-state index contributed by atoms with van der Waals surface area (Å²) in [6, 6.07) is 11.9. The molecule has 0 aliphatic heterocycles. The molecule has 2 heterocycles. The van der Waals surface area contributed by atoms with Crippen molar-refractivity contribution in [2.45, 2.75) is 19.8 Å². The molecule has 3 rings (SSSR count). The molecule has 5 heteroatoms. The smallest absolute Gasteiger partial charge is 0.154 e. The van der Waals surface area contributed by atoms with Gasteiger partial charge in [0.1, 0.15) is 6.61 Å². The van der Waals surface area contributed by atoms with Gasteiger partial charge in [-0.25, -0.2) is 9.97 Å². The molecule has 0 saturated carbocycles. The van der Waals surface area contributed by atoms with Crippen molar-refractivity contribution in [1.82, 2.24) is 15.0 Å². The molecule has 0 spiro atoms. The monoisotopic (exact) mass is 295 g/mol. The van der Waals surface area contributed by atoms with Gasteiger partial charge in [-0.3, -0.25) is 4.98 Å². The Bertz CT molecular complexity index is 756. The summed E-state index contributed by atoms with van der Waals surface area (Å²) >= 11 is 0. The van der Waals surface area contributed by atoms with Gasteiger partial charge >= 0.3 is 0 Å². The first-order chi connectivity index (χ1) is 10.9. The van der Waals surface area contributed by atoms with E-state index in [0.29, 0.717) is 25.6 Å². The predicted molar refractivity (Wildman–Crippen MR) is 83.0 cm³/mol. The highest BCUT2D eigenvalue weighted by Crippen LogP contribution is 2.17. The van der Waals surface area contributed by atoms with E-state index in [1.807, 2.05) is 36.5 Å². The Morgan fingerprint density at radius 2 is 1.77 bits per heavy atom. The van der Waals surface area contributed by atoms with Crippen LogP contribution in [0, 0.1) is 0 Å². The van der Waals surface area contributed by atoms with Crippen LogP contribution in [-0.2, 0) is 29.3 Å². The minimum atomic E-state index is 0.406. The van der Waals surface area contributed by atoms with E-state index in [4.69, 9.17) is 9.47 Å². The number of para-hydroxylation sites is 1. The number of aromatic nitrogens is 3. The van der Waals surface area contributed by atoms with Gasteiger partial charge in [-0.15, -0.1) is 0 Å². The zero-order chi connectivity index (χ0) is 15.2. The van der Waals surface area contributed by atoms with Crippen molar-refractivity contribution >= 4 is 10.9 Å². The molecule has 0 aliphatic carbocycles.